The minimum Gasteiger partial charge on any atom is -0.467 e. The van der Waals surface area contributed by atoms with Gasteiger partial charge in [0.15, 0.2) is 0 Å². The molecule has 0 N–H and O–H groups in total. The number of amides is 1. The molecule has 0 aliphatic carbocycles. The van der Waals surface area contributed by atoms with Gasteiger partial charge in [-0.1, -0.05) is 19.1 Å². The first-order valence-electron chi connectivity index (χ1n) is 7.16. The smallest absolute Gasteiger partial charge is 0.306 e. The molecule has 1 aromatic carbocycles. The molecule has 0 saturated heterocycles. The molecule has 1 amide bonds. The van der Waals surface area contributed by atoms with E-state index < -0.39 is 10.1 Å². The zero-order valence-electron chi connectivity index (χ0n) is 13.1. The summed E-state index contributed by atoms with van der Waals surface area (Å²) in [4.78, 5) is 13.8. The predicted octanol–water partition coefficient (Wildman–Crippen LogP) is 2.56. The summed E-state index contributed by atoms with van der Waals surface area (Å²) in [5.41, 5.74) is 0.777. The Morgan fingerprint density at radius 3 is 2.61 bits per heavy atom. The van der Waals surface area contributed by atoms with Crippen LogP contribution in [-0.2, 0) is 28.0 Å². The summed E-state index contributed by atoms with van der Waals surface area (Å²) in [6, 6.07) is 10.2. The molecular weight excluding hydrogens is 318 g/mol. The zero-order chi connectivity index (χ0) is 16.9. The van der Waals surface area contributed by atoms with Crippen LogP contribution in [0.3, 0.4) is 0 Å². The Kier molecular flexibility index (Phi) is 5.44. The molecular formula is C16H19NO5S. The van der Waals surface area contributed by atoms with E-state index in [1.807, 2.05) is 6.07 Å². The van der Waals surface area contributed by atoms with Crippen molar-refractivity contribution in [1.82, 2.24) is 4.90 Å². The van der Waals surface area contributed by atoms with E-state index in [9.17, 15) is 13.2 Å². The van der Waals surface area contributed by atoms with Gasteiger partial charge < -0.3 is 13.5 Å². The van der Waals surface area contributed by atoms with Gasteiger partial charge >= 0.3 is 10.1 Å². The summed E-state index contributed by atoms with van der Waals surface area (Å²) in [6.45, 7) is 2.49. The van der Waals surface area contributed by atoms with Crippen LogP contribution < -0.4 is 4.18 Å². The van der Waals surface area contributed by atoms with Crippen molar-refractivity contribution in [3.05, 3.63) is 54.0 Å². The molecule has 0 saturated carbocycles. The third kappa shape index (κ3) is 5.45. The second kappa shape index (κ2) is 7.32. The molecule has 0 aliphatic heterocycles. The van der Waals surface area contributed by atoms with Gasteiger partial charge in [0, 0.05) is 13.0 Å². The normalized spacial score (nSPS) is 11.2. The van der Waals surface area contributed by atoms with Crippen LogP contribution in [0.2, 0.25) is 0 Å². The van der Waals surface area contributed by atoms with E-state index in [2.05, 4.69) is 0 Å². The molecule has 2 rings (SSSR count). The van der Waals surface area contributed by atoms with Crippen LogP contribution in [0.5, 0.6) is 5.75 Å². The molecule has 0 aliphatic rings. The highest BCUT2D eigenvalue weighted by molar-refractivity contribution is 7.86. The van der Waals surface area contributed by atoms with Crippen molar-refractivity contribution in [2.24, 2.45) is 0 Å². The fourth-order valence-corrected chi connectivity index (χ4v) is 2.59. The molecule has 2 aromatic rings. The van der Waals surface area contributed by atoms with Crippen LogP contribution in [0, 0.1) is 0 Å². The average molecular weight is 337 g/mol. The van der Waals surface area contributed by atoms with Crippen LogP contribution >= 0.6 is 0 Å². The second-order valence-electron chi connectivity index (χ2n) is 5.12. The lowest BCUT2D eigenvalue weighted by atomic mass is 10.2. The average Bonchev–Trinajstić information content (AvgIpc) is 2.97. The summed E-state index contributed by atoms with van der Waals surface area (Å²) in [5.74, 6) is 0.901. The van der Waals surface area contributed by atoms with Crippen LogP contribution in [0.4, 0.5) is 0 Å². The predicted molar refractivity (Wildman–Crippen MR) is 85.2 cm³/mol. The van der Waals surface area contributed by atoms with Crippen LogP contribution in [0.15, 0.2) is 47.1 Å². The maximum Gasteiger partial charge on any atom is 0.306 e. The number of carbonyl (C=O) groups is 1. The monoisotopic (exact) mass is 337 g/mol. The van der Waals surface area contributed by atoms with Crippen molar-refractivity contribution < 1.29 is 21.8 Å². The first kappa shape index (κ1) is 17.1. The van der Waals surface area contributed by atoms with Crippen molar-refractivity contribution in [2.45, 2.75) is 26.4 Å². The Balaban J connectivity index is 2.15. The van der Waals surface area contributed by atoms with Gasteiger partial charge in [0.2, 0.25) is 5.91 Å². The van der Waals surface area contributed by atoms with Gasteiger partial charge in [0.1, 0.15) is 11.5 Å². The largest absolute Gasteiger partial charge is 0.467 e. The molecule has 0 radical (unpaired) electrons. The van der Waals surface area contributed by atoms with Gasteiger partial charge in [0.05, 0.1) is 19.1 Å². The summed E-state index contributed by atoms with van der Waals surface area (Å²) >= 11 is 0. The van der Waals surface area contributed by atoms with E-state index in [0.717, 1.165) is 11.8 Å². The molecule has 6 nitrogen and oxygen atoms in total. The highest BCUT2D eigenvalue weighted by atomic mass is 32.2. The van der Waals surface area contributed by atoms with Crippen molar-refractivity contribution in [3.8, 4) is 5.75 Å². The molecule has 23 heavy (non-hydrogen) atoms. The van der Waals surface area contributed by atoms with E-state index in [0.29, 0.717) is 25.3 Å². The minimum absolute atomic E-state index is 0.0177. The van der Waals surface area contributed by atoms with Gasteiger partial charge in [-0.15, -0.1) is 0 Å². The zero-order valence-corrected chi connectivity index (χ0v) is 13.9. The highest BCUT2D eigenvalue weighted by Gasteiger charge is 2.15. The van der Waals surface area contributed by atoms with E-state index in [1.54, 1.807) is 48.4 Å². The Hall–Kier alpha value is -2.28. The van der Waals surface area contributed by atoms with Crippen molar-refractivity contribution in [2.75, 3.05) is 6.26 Å². The third-order valence-corrected chi connectivity index (χ3v) is 3.60. The number of hydrogen-bond acceptors (Lipinski definition) is 5. The second-order valence-corrected chi connectivity index (χ2v) is 6.69. The van der Waals surface area contributed by atoms with Gasteiger partial charge in [-0.25, -0.2) is 0 Å². The fraction of sp³-hybridized carbons (Fsp3) is 0.312. The fourth-order valence-electron chi connectivity index (χ4n) is 2.14. The molecule has 124 valence electrons. The van der Waals surface area contributed by atoms with Crippen molar-refractivity contribution in [1.29, 1.82) is 0 Å². The third-order valence-electron chi connectivity index (χ3n) is 3.10. The van der Waals surface area contributed by atoms with Crippen LogP contribution in [0.1, 0.15) is 24.7 Å². The molecule has 0 bridgehead atoms. The first-order chi connectivity index (χ1) is 10.9. The Morgan fingerprint density at radius 1 is 1.22 bits per heavy atom. The number of carbonyl (C=O) groups excluding carboxylic acids is 1. The molecule has 7 heteroatoms. The molecule has 0 fully saturated rings. The summed E-state index contributed by atoms with van der Waals surface area (Å²) in [5, 5.41) is 0. The van der Waals surface area contributed by atoms with Crippen molar-refractivity contribution in [3.63, 3.8) is 0 Å². The summed E-state index contributed by atoms with van der Waals surface area (Å²) in [7, 11) is -3.58. The van der Waals surface area contributed by atoms with Crippen LogP contribution in [-0.4, -0.2) is 25.5 Å². The summed E-state index contributed by atoms with van der Waals surface area (Å²) in [6.07, 6.45) is 2.92. The molecule has 0 spiro atoms. The van der Waals surface area contributed by atoms with E-state index in [4.69, 9.17) is 8.60 Å². The highest BCUT2D eigenvalue weighted by Crippen LogP contribution is 2.18. The Bertz CT molecular complexity index is 753. The number of rotatable bonds is 7. The van der Waals surface area contributed by atoms with E-state index in [-0.39, 0.29) is 11.7 Å². The lowest BCUT2D eigenvalue weighted by Gasteiger charge is -2.21. The number of furan rings is 1. The van der Waals surface area contributed by atoms with Crippen LogP contribution in [0.25, 0.3) is 0 Å². The molecule has 0 atom stereocenters. The van der Waals surface area contributed by atoms with Gasteiger partial charge in [0.25, 0.3) is 0 Å². The standard InChI is InChI=1S/C16H19NO5S/c1-3-16(18)17(12-15-8-5-9-21-15)11-13-6-4-7-14(10-13)22-23(2,19)20/h4-10H,3,11-12H2,1-2H3. The van der Waals surface area contributed by atoms with E-state index >= 15 is 0 Å². The topological polar surface area (TPSA) is 76.8 Å². The van der Waals surface area contributed by atoms with E-state index in [1.165, 1.54) is 0 Å². The lowest BCUT2D eigenvalue weighted by molar-refractivity contribution is -0.132. The first-order valence-corrected chi connectivity index (χ1v) is 8.97. The minimum atomic E-state index is -3.58. The van der Waals surface area contributed by atoms with Gasteiger partial charge in [-0.05, 0) is 29.8 Å². The van der Waals surface area contributed by atoms with Crippen molar-refractivity contribution >= 4 is 16.0 Å². The Morgan fingerprint density at radius 2 is 2.00 bits per heavy atom. The maximum atomic E-state index is 12.1. The summed E-state index contributed by atoms with van der Waals surface area (Å²) < 4.78 is 32.6. The molecule has 1 heterocycles. The quantitative estimate of drug-likeness (QED) is 0.726. The number of hydrogen-bond donors (Lipinski definition) is 0. The Labute approximate surface area is 135 Å². The number of benzene rings is 1. The van der Waals surface area contributed by atoms with Gasteiger partial charge in [-0.3, -0.25) is 4.79 Å². The van der Waals surface area contributed by atoms with Gasteiger partial charge in [-0.2, -0.15) is 8.42 Å². The molecule has 0 unspecified atom stereocenters. The maximum absolute atomic E-state index is 12.1. The lowest BCUT2D eigenvalue weighted by Crippen LogP contribution is -2.29. The SMILES string of the molecule is CCC(=O)N(Cc1cccc(OS(C)(=O)=O)c1)Cc1ccco1. The number of nitrogens with zero attached hydrogens (tertiary/aromatic N) is 1. The molecule has 1 aromatic heterocycles.